The minimum absolute atomic E-state index is 0.0303. The van der Waals surface area contributed by atoms with Crippen LogP contribution in [0.2, 0.25) is 0 Å². The third kappa shape index (κ3) is 5.23. The van der Waals surface area contributed by atoms with Crippen molar-refractivity contribution in [3.63, 3.8) is 0 Å². The Hall–Kier alpha value is -2.06. The molecule has 2 N–H and O–H groups in total. The number of amidine groups is 1. The molecule has 1 aliphatic carbocycles. The van der Waals surface area contributed by atoms with Gasteiger partial charge in [0.2, 0.25) is 0 Å². The predicted molar refractivity (Wildman–Crippen MR) is 102 cm³/mol. The zero-order valence-electron chi connectivity index (χ0n) is 14.8. The molecule has 1 fully saturated rings. The van der Waals surface area contributed by atoms with Crippen LogP contribution in [0.25, 0.3) is 0 Å². The van der Waals surface area contributed by atoms with E-state index >= 15 is 0 Å². The second-order valence-corrected chi connectivity index (χ2v) is 7.64. The molecule has 8 heteroatoms. The lowest BCUT2D eigenvalue weighted by Gasteiger charge is -2.20. The van der Waals surface area contributed by atoms with Crippen molar-refractivity contribution in [2.75, 3.05) is 0 Å². The SMILES string of the molecule is O=C(Cc1conc1C(=Nc1ccc(F)c(Br)c1)NO)CC1CCCCC1. The highest BCUT2D eigenvalue weighted by atomic mass is 79.9. The van der Waals surface area contributed by atoms with Crippen LogP contribution < -0.4 is 5.48 Å². The number of nitrogens with zero attached hydrogens (tertiary/aromatic N) is 2. The van der Waals surface area contributed by atoms with Crippen LogP contribution in [0.15, 0.2) is 38.5 Å². The van der Waals surface area contributed by atoms with Crippen LogP contribution in [-0.2, 0) is 11.2 Å². The highest BCUT2D eigenvalue weighted by Gasteiger charge is 2.21. The summed E-state index contributed by atoms with van der Waals surface area (Å²) in [7, 11) is 0. The van der Waals surface area contributed by atoms with E-state index in [2.05, 4.69) is 26.1 Å². The summed E-state index contributed by atoms with van der Waals surface area (Å²) in [5.41, 5.74) is 3.21. The van der Waals surface area contributed by atoms with E-state index in [1.807, 2.05) is 5.48 Å². The summed E-state index contributed by atoms with van der Waals surface area (Å²) >= 11 is 3.09. The Balaban J connectivity index is 1.74. The van der Waals surface area contributed by atoms with Crippen molar-refractivity contribution in [2.24, 2.45) is 10.9 Å². The van der Waals surface area contributed by atoms with Crippen LogP contribution in [0.5, 0.6) is 0 Å². The van der Waals surface area contributed by atoms with Crippen LogP contribution in [0.1, 0.15) is 49.8 Å². The molecule has 0 unspecified atom stereocenters. The smallest absolute Gasteiger partial charge is 0.180 e. The minimum atomic E-state index is -0.414. The number of aromatic nitrogens is 1. The fraction of sp³-hybridized carbons (Fsp3) is 0.421. The maximum atomic E-state index is 13.4. The lowest BCUT2D eigenvalue weighted by atomic mass is 9.85. The van der Waals surface area contributed by atoms with Gasteiger partial charge in [-0.05, 0) is 40.0 Å². The Morgan fingerprint density at radius 1 is 1.37 bits per heavy atom. The molecule has 27 heavy (non-hydrogen) atoms. The molecule has 6 nitrogen and oxygen atoms in total. The molecule has 0 amide bonds. The standard InChI is InChI=1S/C19H21BrFN3O3/c20-16-10-14(6-7-17(16)21)22-19(23-26)18-13(11-27-24-18)9-15(25)8-12-4-2-1-3-5-12/h6-7,10-12,26H,1-5,8-9H2,(H,22,23). The maximum Gasteiger partial charge on any atom is 0.180 e. The molecule has 0 atom stereocenters. The van der Waals surface area contributed by atoms with E-state index in [0.717, 1.165) is 12.8 Å². The summed E-state index contributed by atoms with van der Waals surface area (Å²) < 4.78 is 18.6. The van der Waals surface area contributed by atoms with E-state index in [0.29, 0.717) is 23.6 Å². The summed E-state index contributed by atoms with van der Waals surface area (Å²) in [6.45, 7) is 0. The molecule has 0 saturated heterocycles. The summed E-state index contributed by atoms with van der Waals surface area (Å²) in [6, 6.07) is 4.20. The van der Waals surface area contributed by atoms with E-state index in [9.17, 15) is 14.4 Å². The van der Waals surface area contributed by atoms with Crippen molar-refractivity contribution in [2.45, 2.75) is 44.9 Å². The number of carbonyl (C=O) groups excluding carboxylic acids is 1. The normalized spacial score (nSPS) is 15.7. The Morgan fingerprint density at radius 3 is 2.85 bits per heavy atom. The summed E-state index contributed by atoms with van der Waals surface area (Å²) in [5, 5.41) is 13.3. The molecule has 0 bridgehead atoms. The average Bonchev–Trinajstić information content (AvgIpc) is 3.11. The lowest BCUT2D eigenvalue weighted by molar-refractivity contribution is -0.119. The largest absolute Gasteiger partial charge is 0.364 e. The van der Waals surface area contributed by atoms with Crippen LogP contribution in [0.3, 0.4) is 0 Å². The van der Waals surface area contributed by atoms with Crippen molar-refractivity contribution in [3.8, 4) is 0 Å². The van der Waals surface area contributed by atoms with Crippen molar-refractivity contribution in [3.05, 3.63) is 46.0 Å². The van der Waals surface area contributed by atoms with E-state index in [4.69, 9.17) is 4.52 Å². The van der Waals surface area contributed by atoms with Gasteiger partial charge in [0.05, 0.1) is 10.2 Å². The van der Waals surface area contributed by atoms with Crippen molar-refractivity contribution < 1.29 is 18.9 Å². The number of ketones is 1. The minimum Gasteiger partial charge on any atom is -0.364 e. The first-order chi connectivity index (χ1) is 13.1. The van der Waals surface area contributed by atoms with Gasteiger partial charge < -0.3 is 4.52 Å². The number of aliphatic imine (C=N–C) groups is 1. The van der Waals surface area contributed by atoms with Crippen LogP contribution >= 0.6 is 15.9 Å². The summed E-state index contributed by atoms with van der Waals surface area (Å²) in [6.07, 6.45) is 7.95. The molecular weight excluding hydrogens is 417 g/mol. The average molecular weight is 438 g/mol. The molecule has 3 rings (SSSR count). The van der Waals surface area contributed by atoms with Gasteiger partial charge in [-0.15, -0.1) is 0 Å². The monoisotopic (exact) mass is 437 g/mol. The van der Waals surface area contributed by atoms with Crippen LogP contribution in [0, 0.1) is 11.7 Å². The fourth-order valence-electron chi connectivity index (χ4n) is 3.39. The Morgan fingerprint density at radius 2 is 2.15 bits per heavy atom. The highest BCUT2D eigenvalue weighted by molar-refractivity contribution is 9.10. The zero-order valence-corrected chi connectivity index (χ0v) is 16.3. The van der Waals surface area contributed by atoms with Gasteiger partial charge in [0, 0.05) is 18.4 Å². The molecule has 1 aromatic heterocycles. The van der Waals surface area contributed by atoms with Gasteiger partial charge in [-0.3, -0.25) is 15.5 Å². The number of nitrogens with one attached hydrogen (secondary N) is 1. The lowest BCUT2D eigenvalue weighted by Crippen LogP contribution is -2.23. The van der Waals surface area contributed by atoms with Gasteiger partial charge in [-0.1, -0.05) is 37.3 Å². The topological polar surface area (TPSA) is 87.7 Å². The van der Waals surface area contributed by atoms with Crippen molar-refractivity contribution >= 4 is 33.2 Å². The third-order valence-corrected chi connectivity index (χ3v) is 5.35. The molecular formula is C19H21BrFN3O3. The number of halogens is 2. The maximum absolute atomic E-state index is 13.4. The summed E-state index contributed by atoms with van der Waals surface area (Å²) in [5.74, 6) is 0.189. The molecule has 2 aromatic rings. The van der Waals surface area contributed by atoms with Gasteiger partial charge in [0.25, 0.3) is 0 Å². The van der Waals surface area contributed by atoms with Gasteiger partial charge in [-0.2, -0.15) is 0 Å². The second-order valence-electron chi connectivity index (χ2n) is 6.78. The van der Waals surface area contributed by atoms with E-state index in [1.54, 1.807) is 0 Å². The Bertz CT molecular complexity index is 831. The van der Waals surface area contributed by atoms with Crippen LogP contribution in [0.4, 0.5) is 10.1 Å². The predicted octanol–water partition coefficient (Wildman–Crippen LogP) is 4.72. The number of Topliss-reactive ketones (excluding diaryl/α,β-unsaturated/α-hetero) is 1. The number of rotatable bonds is 6. The molecule has 0 spiro atoms. The zero-order chi connectivity index (χ0) is 19.2. The molecule has 0 radical (unpaired) electrons. The first kappa shape index (κ1) is 19.7. The molecule has 1 aliphatic rings. The summed E-state index contributed by atoms with van der Waals surface area (Å²) in [4.78, 5) is 16.7. The molecule has 144 valence electrons. The molecule has 1 heterocycles. The number of hydroxylamine groups is 1. The molecule has 1 saturated carbocycles. The Labute approximate surface area is 164 Å². The number of benzene rings is 1. The highest BCUT2D eigenvalue weighted by Crippen LogP contribution is 2.27. The first-order valence-corrected chi connectivity index (χ1v) is 9.75. The van der Waals surface area contributed by atoms with Crippen LogP contribution in [-0.4, -0.2) is 22.0 Å². The van der Waals surface area contributed by atoms with Gasteiger partial charge >= 0.3 is 0 Å². The third-order valence-electron chi connectivity index (χ3n) is 4.75. The number of carbonyl (C=O) groups is 1. The van der Waals surface area contributed by atoms with Crippen molar-refractivity contribution in [1.29, 1.82) is 0 Å². The first-order valence-electron chi connectivity index (χ1n) is 8.96. The quantitative estimate of drug-likeness (QED) is 0.387. The Kier molecular flexibility index (Phi) is 6.73. The second kappa shape index (κ2) is 9.23. The van der Waals surface area contributed by atoms with E-state index in [-0.39, 0.29) is 28.2 Å². The van der Waals surface area contributed by atoms with E-state index in [1.165, 1.54) is 43.7 Å². The molecule has 1 aromatic carbocycles. The fourth-order valence-corrected chi connectivity index (χ4v) is 3.76. The number of hydrogen-bond acceptors (Lipinski definition) is 5. The van der Waals surface area contributed by atoms with Gasteiger partial charge in [0.15, 0.2) is 11.5 Å². The van der Waals surface area contributed by atoms with E-state index < -0.39 is 5.82 Å². The van der Waals surface area contributed by atoms with Gasteiger partial charge in [-0.25, -0.2) is 9.38 Å². The van der Waals surface area contributed by atoms with Crippen molar-refractivity contribution in [1.82, 2.24) is 10.6 Å². The number of hydrogen-bond donors (Lipinski definition) is 2. The molecule has 0 aliphatic heterocycles. The van der Waals surface area contributed by atoms with Gasteiger partial charge in [0.1, 0.15) is 17.9 Å².